The molecule has 0 radical (unpaired) electrons. The molecule has 3 nitrogen and oxygen atoms in total. The standard InChI is InChI=1S/C14H23BrN2O/c1-5-17-13(14(3,4)18-6-2)8-11-7-12(15)10-16-9-11/h7,9-10,13,17H,5-6,8H2,1-4H3. The number of nitrogens with zero attached hydrogens (tertiary/aromatic N) is 1. The van der Waals surface area contributed by atoms with Gasteiger partial charge in [0, 0.05) is 29.5 Å². The van der Waals surface area contributed by atoms with Crippen molar-refractivity contribution < 1.29 is 4.74 Å². The monoisotopic (exact) mass is 314 g/mol. The van der Waals surface area contributed by atoms with E-state index in [1.807, 2.05) is 13.1 Å². The Morgan fingerprint density at radius 2 is 2.11 bits per heavy atom. The highest BCUT2D eigenvalue weighted by molar-refractivity contribution is 9.10. The number of likely N-dealkylation sites (N-methyl/N-ethyl adjacent to an activating group) is 1. The van der Waals surface area contributed by atoms with E-state index in [4.69, 9.17) is 4.74 Å². The van der Waals surface area contributed by atoms with Crippen LogP contribution in [-0.2, 0) is 11.2 Å². The zero-order valence-electron chi connectivity index (χ0n) is 11.7. The molecule has 0 saturated heterocycles. The third-order valence-corrected chi connectivity index (χ3v) is 3.44. The van der Waals surface area contributed by atoms with Gasteiger partial charge < -0.3 is 10.1 Å². The maximum absolute atomic E-state index is 5.85. The Labute approximate surface area is 118 Å². The highest BCUT2D eigenvalue weighted by atomic mass is 79.9. The first kappa shape index (κ1) is 15.6. The van der Waals surface area contributed by atoms with Gasteiger partial charge in [-0.3, -0.25) is 4.98 Å². The summed E-state index contributed by atoms with van der Waals surface area (Å²) in [5.74, 6) is 0. The van der Waals surface area contributed by atoms with Gasteiger partial charge in [0.15, 0.2) is 0 Å². The second kappa shape index (κ2) is 7.22. The minimum Gasteiger partial charge on any atom is -0.374 e. The lowest BCUT2D eigenvalue weighted by Crippen LogP contribution is -2.50. The van der Waals surface area contributed by atoms with Gasteiger partial charge in [-0.2, -0.15) is 0 Å². The molecule has 1 N–H and O–H groups in total. The number of pyridine rings is 1. The van der Waals surface area contributed by atoms with Gasteiger partial charge in [0.1, 0.15) is 0 Å². The highest BCUT2D eigenvalue weighted by Crippen LogP contribution is 2.20. The van der Waals surface area contributed by atoms with E-state index < -0.39 is 0 Å². The van der Waals surface area contributed by atoms with Gasteiger partial charge >= 0.3 is 0 Å². The van der Waals surface area contributed by atoms with E-state index in [1.165, 1.54) is 5.56 Å². The second-order valence-corrected chi connectivity index (χ2v) is 5.78. The molecule has 1 rings (SSSR count). The molecular weight excluding hydrogens is 292 g/mol. The van der Waals surface area contributed by atoms with Crippen LogP contribution in [0.1, 0.15) is 33.3 Å². The minimum atomic E-state index is -0.187. The summed E-state index contributed by atoms with van der Waals surface area (Å²) in [6.07, 6.45) is 4.63. The van der Waals surface area contributed by atoms with Crippen LogP contribution in [0.25, 0.3) is 0 Å². The van der Waals surface area contributed by atoms with Crippen LogP contribution in [0.3, 0.4) is 0 Å². The summed E-state index contributed by atoms with van der Waals surface area (Å²) in [4.78, 5) is 4.21. The molecule has 102 valence electrons. The summed E-state index contributed by atoms with van der Waals surface area (Å²) in [6.45, 7) is 10.1. The molecule has 1 unspecified atom stereocenters. The molecule has 1 atom stereocenters. The zero-order chi connectivity index (χ0) is 13.6. The molecule has 0 spiro atoms. The Morgan fingerprint density at radius 1 is 1.39 bits per heavy atom. The van der Waals surface area contributed by atoms with E-state index in [0.29, 0.717) is 0 Å². The summed E-state index contributed by atoms with van der Waals surface area (Å²) < 4.78 is 6.87. The van der Waals surface area contributed by atoms with E-state index in [1.54, 1.807) is 6.20 Å². The molecule has 18 heavy (non-hydrogen) atoms. The van der Waals surface area contributed by atoms with Gasteiger partial charge in [0.2, 0.25) is 0 Å². The smallest absolute Gasteiger partial charge is 0.0781 e. The van der Waals surface area contributed by atoms with Crippen LogP contribution in [0.15, 0.2) is 22.9 Å². The van der Waals surface area contributed by atoms with Gasteiger partial charge in [-0.05, 0) is 61.3 Å². The zero-order valence-corrected chi connectivity index (χ0v) is 13.3. The van der Waals surface area contributed by atoms with E-state index in [0.717, 1.165) is 24.0 Å². The lowest BCUT2D eigenvalue weighted by molar-refractivity contribution is -0.0377. The van der Waals surface area contributed by atoms with Crippen LogP contribution >= 0.6 is 15.9 Å². The third-order valence-electron chi connectivity index (χ3n) is 3.01. The number of ether oxygens (including phenoxy) is 1. The van der Waals surface area contributed by atoms with Crippen molar-refractivity contribution in [2.75, 3.05) is 13.2 Å². The van der Waals surface area contributed by atoms with Crippen molar-refractivity contribution in [2.24, 2.45) is 0 Å². The summed E-state index contributed by atoms with van der Waals surface area (Å²) in [5, 5.41) is 3.51. The first-order valence-corrected chi connectivity index (χ1v) is 7.25. The van der Waals surface area contributed by atoms with Crippen molar-refractivity contribution in [2.45, 2.75) is 45.8 Å². The summed E-state index contributed by atoms with van der Waals surface area (Å²) >= 11 is 3.46. The van der Waals surface area contributed by atoms with Crippen LogP contribution in [0.2, 0.25) is 0 Å². The van der Waals surface area contributed by atoms with Gasteiger partial charge in [-0.15, -0.1) is 0 Å². The fourth-order valence-electron chi connectivity index (χ4n) is 2.09. The molecule has 0 amide bonds. The number of aromatic nitrogens is 1. The van der Waals surface area contributed by atoms with Gasteiger partial charge in [0.05, 0.1) is 5.60 Å². The SMILES string of the molecule is CCNC(Cc1cncc(Br)c1)C(C)(C)OCC. The molecule has 1 aromatic heterocycles. The molecule has 0 aliphatic rings. The largest absolute Gasteiger partial charge is 0.374 e. The van der Waals surface area contributed by atoms with E-state index in [2.05, 4.69) is 53.1 Å². The van der Waals surface area contributed by atoms with Crippen LogP contribution in [-0.4, -0.2) is 29.8 Å². The minimum absolute atomic E-state index is 0.187. The Hall–Kier alpha value is -0.450. The molecule has 0 aliphatic heterocycles. The summed E-state index contributed by atoms with van der Waals surface area (Å²) in [6, 6.07) is 2.39. The normalized spacial score (nSPS) is 13.6. The fourth-order valence-corrected chi connectivity index (χ4v) is 2.50. The van der Waals surface area contributed by atoms with E-state index >= 15 is 0 Å². The number of hydrogen-bond acceptors (Lipinski definition) is 3. The maximum Gasteiger partial charge on any atom is 0.0781 e. The Balaban J connectivity index is 2.79. The van der Waals surface area contributed by atoms with Crippen LogP contribution in [0, 0.1) is 0 Å². The summed E-state index contributed by atoms with van der Waals surface area (Å²) in [5.41, 5.74) is 1.02. The molecular formula is C14H23BrN2O. The summed E-state index contributed by atoms with van der Waals surface area (Å²) in [7, 11) is 0. The van der Waals surface area contributed by atoms with Gasteiger partial charge in [0.25, 0.3) is 0 Å². The lowest BCUT2D eigenvalue weighted by Gasteiger charge is -2.35. The molecule has 0 fully saturated rings. The van der Waals surface area contributed by atoms with Crippen molar-refractivity contribution in [3.8, 4) is 0 Å². The van der Waals surface area contributed by atoms with E-state index in [9.17, 15) is 0 Å². The van der Waals surface area contributed by atoms with Crippen molar-refractivity contribution in [3.63, 3.8) is 0 Å². The fraction of sp³-hybridized carbons (Fsp3) is 0.643. The van der Waals surface area contributed by atoms with Crippen LogP contribution in [0.4, 0.5) is 0 Å². The topological polar surface area (TPSA) is 34.2 Å². The predicted octanol–water partition coefficient (Wildman–Crippen LogP) is 3.18. The average molecular weight is 315 g/mol. The van der Waals surface area contributed by atoms with E-state index in [-0.39, 0.29) is 11.6 Å². The number of hydrogen-bond donors (Lipinski definition) is 1. The molecule has 4 heteroatoms. The van der Waals surface area contributed by atoms with Crippen molar-refractivity contribution in [3.05, 3.63) is 28.5 Å². The Bertz CT molecular complexity index is 369. The molecule has 0 aliphatic carbocycles. The third kappa shape index (κ3) is 4.67. The maximum atomic E-state index is 5.85. The first-order valence-electron chi connectivity index (χ1n) is 6.46. The van der Waals surface area contributed by atoms with Gasteiger partial charge in [-0.25, -0.2) is 0 Å². The molecule has 0 aromatic carbocycles. The van der Waals surface area contributed by atoms with Crippen LogP contribution < -0.4 is 5.32 Å². The molecule has 1 aromatic rings. The molecule has 1 heterocycles. The molecule has 0 bridgehead atoms. The lowest BCUT2D eigenvalue weighted by atomic mass is 9.92. The second-order valence-electron chi connectivity index (χ2n) is 4.86. The Morgan fingerprint density at radius 3 is 2.67 bits per heavy atom. The van der Waals surface area contributed by atoms with Crippen molar-refractivity contribution in [1.82, 2.24) is 10.3 Å². The Kier molecular flexibility index (Phi) is 6.26. The number of nitrogens with one attached hydrogen (secondary N) is 1. The predicted molar refractivity (Wildman–Crippen MR) is 78.8 cm³/mol. The van der Waals surface area contributed by atoms with Crippen LogP contribution in [0.5, 0.6) is 0 Å². The number of rotatable bonds is 7. The van der Waals surface area contributed by atoms with Crippen molar-refractivity contribution in [1.29, 1.82) is 0 Å². The average Bonchev–Trinajstić information content (AvgIpc) is 2.28. The quantitative estimate of drug-likeness (QED) is 0.839. The van der Waals surface area contributed by atoms with Gasteiger partial charge in [-0.1, -0.05) is 6.92 Å². The molecule has 0 saturated carbocycles. The number of halogens is 1. The van der Waals surface area contributed by atoms with Crippen molar-refractivity contribution >= 4 is 15.9 Å². The first-order chi connectivity index (χ1) is 8.49. The highest BCUT2D eigenvalue weighted by Gasteiger charge is 2.29.